The van der Waals surface area contributed by atoms with Gasteiger partial charge in [-0.05, 0) is 24.1 Å². The molecule has 2 rings (SSSR count). The monoisotopic (exact) mass is 471 g/mol. The highest BCUT2D eigenvalue weighted by molar-refractivity contribution is 5.68. The van der Waals surface area contributed by atoms with Crippen LogP contribution in [0, 0.1) is 6.92 Å². The molecule has 1 aromatic rings. The van der Waals surface area contributed by atoms with Crippen LogP contribution in [-0.4, -0.2) is 78.1 Å². The number of ether oxygens (including phenoxy) is 1. The molecular formula is C19H23F6N3O4. The summed E-state index contributed by atoms with van der Waals surface area (Å²) in [5.74, 6) is -0.951. The third kappa shape index (κ3) is 7.46. The maximum Gasteiger partial charge on any atom is 0.434 e. The van der Waals surface area contributed by atoms with Crippen molar-refractivity contribution in [3.63, 3.8) is 0 Å². The minimum atomic E-state index is -5.76. The van der Waals surface area contributed by atoms with Crippen LogP contribution in [0.3, 0.4) is 0 Å². The predicted molar refractivity (Wildman–Crippen MR) is 101 cm³/mol. The number of carboxylic acids is 1. The molecule has 0 radical (unpaired) electrons. The number of benzene rings is 1. The molecule has 0 saturated carbocycles. The van der Waals surface area contributed by atoms with Gasteiger partial charge in [0.15, 0.2) is 0 Å². The van der Waals surface area contributed by atoms with Crippen molar-refractivity contribution in [3.8, 4) is 0 Å². The van der Waals surface area contributed by atoms with Crippen molar-refractivity contribution < 1.29 is 45.8 Å². The van der Waals surface area contributed by atoms with E-state index < -0.39 is 30.5 Å². The highest BCUT2D eigenvalue weighted by Gasteiger charge is 2.60. The van der Waals surface area contributed by atoms with Crippen LogP contribution in [0.2, 0.25) is 0 Å². The average molecular weight is 471 g/mol. The Labute approximate surface area is 179 Å². The molecule has 32 heavy (non-hydrogen) atoms. The maximum atomic E-state index is 12.6. The number of anilines is 1. The van der Waals surface area contributed by atoms with Crippen LogP contribution in [0.1, 0.15) is 17.5 Å². The summed E-state index contributed by atoms with van der Waals surface area (Å²) in [7, 11) is 0. The Morgan fingerprint density at radius 3 is 2.22 bits per heavy atom. The van der Waals surface area contributed by atoms with Crippen molar-refractivity contribution in [1.29, 1.82) is 0 Å². The number of carbonyl (C=O) groups excluding carboxylic acids is 1. The van der Waals surface area contributed by atoms with Crippen LogP contribution >= 0.6 is 0 Å². The second kappa shape index (κ2) is 10.3. The van der Waals surface area contributed by atoms with Gasteiger partial charge in [-0.1, -0.05) is 12.1 Å². The van der Waals surface area contributed by atoms with Gasteiger partial charge in [-0.3, -0.25) is 9.69 Å². The van der Waals surface area contributed by atoms with Gasteiger partial charge in [0.25, 0.3) is 6.10 Å². The van der Waals surface area contributed by atoms with Crippen LogP contribution in [-0.2, 0) is 16.1 Å². The second-order valence-corrected chi connectivity index (χ2v) is 7.34. The van der Waals surface area contributed by atoms with Gasteiger partial charge in [0.2, 0.25) is 0 Å². The van der Waals surface area contributed by atoms with E-state index in [0.29, 0.717) is 6.54 Å². The predicted octanol–water partition coefficient (Wildman–Crippen LogP) is 3.63. The van der Waals surface area contributed by atoms with Crippen molar-refractivity contribution in [2.75, 3.05) is 38.0 Å². The molecule has 0 bridgehead atoms. The fourth-order valence-corrected chi connectivity index (χ4v) is 3.12. The number of nitrogens with zero attached hydrogens (tertiary/aromatic N) is 2. The topological polar surface area (TPSA) is 82.1 Å². The first-order chi connectivity index (χ1) is 14.8. The summed E-state index contributed by atoms with van der Waals surface area (Å²) in [4.78, 5) is 25.2. The summed E-state index contributed by atoms with van der Waals surface area (Å²) in [6.07, 6.45) is -17.4. The lowest BCUT2D eigenvalue weighted by molar-refractivity contribution is -0.308. The first-order valence-electron chi connectivity index (χ1n) is 9.64. The molecule has 1 aromatic carbocycles. The standard InChI is InChI=1S/C19H23F6N3O4/c1-12-2-3-13(14(10-12)26-5-4-15(29)30)11-27-6-8-28(9-7-27)17(31)32-16(18(20,21)22)19(23,24)25/h2-3,10,16,26H,4-9,11H2,1H3,(H,29,30). The molecule has 13 heteroatoms. The van der Waals surface area contributed by atoms with Crippen molar-refractivity contribution in [2.45, 2.75) is 38.3 Å². The Balaban J connectivity index is 1.94. The SMILES string of the molecule is Cc1ccc(CN2CCN(C(=O)OC(C(F)(F)F)C(F)(F)F)CC2)c(NCCC(=O)O)c1. The van der Waals surface area contributed by atoms with Crippen LogP contribution in [0.25, 0.3) is 0 Å². The van der Waals surface area contributed by atoms with E-state index in [1.165, 1.54) is 0 Å². The number of halogens is 6. The number of aliphatic carboxylic acids is 1. The Hall–Kier alpha value is -2.70. The smallest absolute Gasteiger partial charge is 0.434 e. The van der Waals surface area contributed by atoms with Crippen molar-refractivity contribution in [3.05, 3.63) is 29.3 Å². The molecule has 1 amide bonds. The minimum absolute atomic E-state index is 0.0784. The second-order valence-electron chi connectivity index (χ2n) is 7.34. The molecule has 0 aliphatic carbocycles. The third-order valence-corrected chi connectivity index (χ3v) is 4.76. The Morgan fingerprint density at radius 1 is 1.09 bits per heavy atom. The average Bonchev–Trinajstić information content (AvgIpc) is 2.66. The zero-order valence-corrected chi connectivity index (χ0v) is 17.1. The molecule has 2 N–H and O–H groups in total. The van der Waals surface area contributed by atoms with Crippen molar-refractivity contribution >= 4 is 17.7 Å². The van der Waals surface area contributed by atoms with Gasteiger partial charge in [-0.15, -0.1) is 0 Å². The Morgan fingerprint density at radius 2 is 1.69 bits per heavy atom. The number of rotatable bonds is 7. The van der Waals surface area contributed by atoms with Gasteiger partial charge in [-0.2, -0.15) is 26.3 Å². The lowest BCUT2D eigenvalue weighted by atomic mass is 10.1. The van der Waals surface area contributed by atoms with E-state index in [1.54, 1.807) is 0 Å². The lowest BCUT2D eigenvalue weighted by Crippen LogP contribution is -2.52. The molecule has 0 spiro atoms. The van der Waals surface area contributed by atoms with Crippen molar-refractivity contribution in [2.24, 2.45) is 0 Å². The number of carbonyl (C=O) groups is 2. The summed E-state index contributed by atoms with van der Waals surface area (Å²) >= 11 is 0. The fraction of sp³-hybridized carbons (Fsp3) is 0.579. The summed E-state index contributed by atoms with van der Waals surface area (Å²) in [6, 6.07) is 5.55. The Bertz CT molecular complexity index is 793. The molecule has 1 aliphatic rings. The van der Waals surface area contributed by atoms with E-state index in [-0.39, 0.29) is 39.1 Å². The number of piperazine rings is 1. The van der Waals surface area contributed by atoms with Crippen LogP contribution in [0.15, 0.2) is 18.2 Å². The number of hydrogen-bond donors (Lipinski definition) is 2. The largest absolute Gasteiger partial charge is 0.481 e. The van der Waals surface area contributed by atoms with E-state index in [2.05, 4.69) is 10.1 Å². The van der Waals surface area contributed by atoms with Gasteiger partial charge in [-0.25, -0.2) is 4.79 Å². The van der Waals surface area contributed by atoms with Gasteiger partial charge < -0.3 is 20.1 Å². The van der Waals surface area contributed by atoms with Crippen LogP contribution < -0.4 is 5.32 Å². The molecule has 0 atom stereocenters. The zero-order chi connectivity index (χ0) is 24.1. The molecule has 1 saturated heterocycles. The van der Waals surface area contributed by atoms with Gasteiger partial charge in [0.1, 0.15) is 0 Å². The first kappa shape index (κ1) is 25.6. The molecule has 0 aromatic heterocycles. The van der Waals surface area contributed by atoms with E-state index in [4.69, 9.17) is 5.11 Å². The summed E-state index contributed by atoms with van der Waals surface area (Å²) in [5.41, 5.74) is 2.51. The number of hydrogen-bond acceptors (Lipinski definition) is 5. The lowest BCUT2D eigenvalue weighted by Gasteiger charge is -2.35. The quantitative estimate of drug-likeness (QED) is 0.592. The summed E-state index contributed by atoms with van der Waals surface area (Å²) in [6.45, 7) is 2.69. The Kier molecular flexibility index (Phi) is 8.21. The number of carboxylic acid groups (broad SMARTS) is 1. The number of nitrogens with one attached hydrogen (secondary N) is 1. The molecular weight excluding hydrogens is 448 g/mol. The van der Waals surface area contributed by atoms with Crippen LogP contribution in [0.5, 0.6) is 0 Å². The normalized spacial score (nSPS) is 15.7. The molecule has 1 fully saturated rings. The number of amides is 1. The molecule has 7 nitrogen and oxygen atoms in total. The van der Waals surface area contributed by atoms with E-state index in [0.717, 1.165) is 21.7 Å². The van der Waals surface area contributed by atoms with Gasteiger partial charge in [0, 0.05) is 45.0 Å². The summed E-state index contributed by atoms with van der Waals surface area (Å²) in [5, 5.41) is 11.8. The van der Waals surface area contributed by atoms with Crippen LogP contribution in [0.4, 0.5) is 36.8 Å². The van der Waals surface area contributed by atoms with Crippen molar-refractivity contribution in [1.82, 2.24) is 9.80 Å². The maximum absolute atomic E-state index is 12.6. The molecule has 180 valence electrons. The summed E-state index contributed by atoms with van der Waals surface area (Å²) < 4.78 is 79.2. The molecule has 1 aliphatic heterocycles. The van der Waals surface area contributed by atoms with E-state index >= 15 is 0 Å². The fourth-order valence-electron chi connectivity index (χ4n) is 3.12. The van der Waals surface area contributed by atoms with E-state index in [9.17, 15) is 35.9 Å². The third-order valence-electron chi connectivity index (χ3n) is 4.76. The number of aryl methyl sites for hydroxylation is 1. The molecule has 1 heterocycles. The van der Waals surface area contributed by atoms with Gasteiger partial charge in [0.05, 0.1) is 6.42 Å². The number of alkyl halides is 6. The highest BCUT2D eigenvalue weighted by atomic mass is 19.4. The van der Waals surface area contributed by atoms with Gasteiger partial charge >= 0.3 is 24.4 Å². The van der Waals surface area contributed by atoms with E-state index in [1.807, 2.05) is 30.0 Å². The minimum Gasteiger partial charge on any atom is -0.481 e. The highest BCUT2D eigenvalue weighted by Crippen LogP contribution is 2.36. The zero-order valence-electron chi connectivity index (χ0n) is 17.1. The first-order valence-corrected chi connectivity index (χ1v) is 9.64. The molecule has 0 unspecified atom stereocenters.